The van der Waals surface area contributed by atoms with Gasteiger partial charge in [0, 0.05) is 58.6 Å². The highest BCUT2D eigenvalue weighted by molar-refractivity contribution is 6.31. The van der Waals surface area contributed by atoms with E-state index in [9.17, 15) is 14.4 Å². The molecule has 0 atom stereocenters. The van der Waals surface area contributed by atoms with Gasteiger partial charge in [0.15, 0.2) is 29.7 Å². The lowest BCUT2D eigenvalue weighted by molar-refractivity contribution is -0.120. The summed E-state index contributed by atoms with van der Waals surface area (Å²) in [5, 5.41) is 3.37. The molecule has 0 saturated heterocycles. The molecule has 1 amide bonds. The molecule has 7 nitrogen and oxygen atoms in total. The topological polar surface area (TPSA) is 84.9 Å². The van der Waals surface area contributed by atoms with Gasteiger partial charge in [0.05, 0.1) is 7.11 Å². The molecule has 49 heavy (non-hydrogen) atoms. The van der Waals surface area contributed by atoms with E-state index in [1.807, 2.05) is 43.3 Å². The number of hydrogen-bond donors (Lipinski definition) is 1. The molecular weight excluding hydrogens is 636 g/mol. The summed E-state index contributed by atoms with van der Waals surface area (Å²) in [4.78, 5) is 43.5. The van der Waals surface area contributed by atoms with Gasteiger partial charge in [-0.25, -0.2) is 0 Å². The number of Topliss-reactive ketones (excluding diaryl/α,β-unsaturated/α-hetero) is 2. The lowest BCUT2D eigenvalue weighted by Crippen LogP contribution is -2.45. The Bertz CT molecular complexity index is 1820. The van der Waals surface area contributed by atoms with Gasteiger partial charge in [-0.05, 0) is 78.0 Å². The van der Waals surface area contributed by atoms with Gasteiger partial charge in [0.1, 0.15) is 0 Å². The van der Waals surface area contributed by atoms with Crippen LogP contribution in [0.15, 0.2) is 89.3 Å². The number of halogens is 1. The summed E-state index contributed by atoms with van der Waals surface area (Å²) in [6, 6.07) is 21.2. The minimum absolute atomic E-state index is 0.0809. The van der Waals surface area contributed by atoms with Crippen LogP contribution in [-0.2, 0) is 20.8 Å². The molecule has 0 fully saturated rings. The Kier molecular flexibility index (Phi) is 9.51. The highest BCUT2D eigenvalue weighted by Crippen LogP contribution is 2.55. The molecule has 6 rings (SSSR count). The summed E-state index contributed by atoms with van der Waals surface area (Å²) in [5.41, 5.74) is 6.57. The minimum Gasteiger partial charge on any atom is -0.493 e. The van der Waals surface area contributed by atoms with E-state index in [1.165, 1.54) is 5.56 Å². The number of benzene rings is 3. The summed E-state index contributed by atoms with van der Waals surface area (Å²) < 4.78 is 11.7. The van der Waals surface area contributed by atoms with Crippen LogP contribution in [0.1, 0.15) is 76.0 Å². The van der Waals surface area contributed by atoms with Crippen LogP contribution in [0.2, 0.25) is 5.02 Å². The second-order valence-electron chi connectivity index (χ2n) is 15.1. The fraction of sp³-hybridized carbons (Fsp3) is 0.390. The number of nitrogens with zero attached hydrogens (tertiary/aromatic N) is 1. The van der Waals surface area contributed by atoms with Crippen LogP contribution >= 0.6 is 11.6 Å². The molecule has 3 aromatic rings. The fourth-order valence-electron chi connectivity index (χ4n) is 7.53. The number of carbonyl (C=O) groups excluding carboxylic acids is 3. The summed E-state index contributed by atoms with van der Waals surface area (Å²) in [6.07, 6.45) is 3.11. The van der Waals surface area contributed by atoms with Gasteiger partial charge < -0.3 is 19.7 Å². The van der Waals surface area contributed by atoms with Crippen LogP contribution in [0.3, 0.4) is 0 Å². The van der Waals surface area contributed by atoms with Crippen LogP contribution in [0.25, 0.3) is 0 Å². The highest BCUT2D eigenvalue weighted by Gasteiger charge is 2.49. The van der Waals surface area contributed by atoms with Crippen LogP contribution in [-0.4, -0.2) is 42.6 Å². The van der Waals surface area contributed by atoms with Crippen molar-refractivity contribution in [3.05, 3.63) is 111 Å². The van der Waals surface area contributed by atoms with Crippen LogP contribution < -0.4 is 14.8 Å². The number of nitrogens with one attached hydrogen (secondary N) is 1. The molecule has 3 aromatic carbocycles. The number of rotatable bonds is 9. The third kappa shape index (κ3) is 7.32. The van der Waals surface area contributed by atoms with E-state index in [4.69, 9.17) is 21.1 Å². The Morgan fingerprint density at radius 2 is 1.49 bits per heavy atom. The third-order valence-electron chi connectivity index (χ3n) is 9.82. The molecular formula is C41H45ClN2O5. The van der Waals surface area contributed by atoms with Crippen molar-refractivity contribution >= 4 is 34.8 Å². The van der Waals surface area contributed by atoms with E-state index in [-0.39, 0.29) is 34.9 Å². The number of aryl methyl sites for hydroxylation is 1. The fourth-order valence-corrected chi connectivity index (χ4v) is 7.71. The number of methoxy groups -OCH3 is 1. The largest absolute Gasteiger partial charge is 0.493 e. The molecule has 1 aliphatic heterocycles. The van der Waals surface area contributed by atoms with Gasteiger partial charge >= 0.3 is 0 Å². The number of hydrogen-bond acceptors (Lipinski definition) is 6. The molecule has 0 spiro atoms. The lowest BCUT2D eigenvalue weighted by Gasteiger charge is -2.49. The number of amides is 1. The van der Waals surface area contributed by atoms with E-state index in [0.29, 0.717) is 52.7 Å². The van der Waals surface area contributed by atoms with Gasteiger partial charge in [0.25, 0.3) is 5.91 Å². The normalized spacial score (nSPS) is 18.6. The standard InChI is InChI=1S/C41H45ClN2O5/c1-25-12-14-28(19-29(25)42)43-36(47)24-49-34-15-13-27(18-35(34)48-6)37-38-30(20-40(2,3)22-32(38)45)44(17-16-26-10-8-7-9-11-26)31-21-41(4,5)23-33(46)39(31)37/h7-15,18-19,37H,16-17,20-24H2,1-6H3,(H,43,47). The Labute approximate surface area is 294 Å². The summed E-state index contributed by atoms with van der Waals surface area (Å²) in [5.74, 6) is 0.118. The predicted molar refractivity (Wildman–Crippen MR) is 193 cm³/mol. The minimum atomic E-state index is -0.511. The van der Waals surface area contributed by atoms with Gasteiger partial charge in [-0.3, -0.25) is 14.4 Å². The van der Waals surface area contributed by atoms with Crippen molar-refractivity contribution in [3.8, 4) is 11.5 Å². The molecule has 256 valence electrons. The zero-order valence-electron chi connectivity index (χ0n) is 29.2. The van der Waals surface area contributed by atoms with E-state index < -0.39 is 5.92 Å². The van der Waals surface area contributed by atoms with E-state index in [2.05, 4.69) is 50.0 Å². The van der Waals surface area contributed by atoms with Crippen LogP contribution in [0, 0.1) is 17.8 Å². The molecule has 8 heteroatoms. The van der Waals surface area contributed by atoms with Gasteiger partial charge in [-0.1, -0.05) is 81.8 Å². The lowest BCUT2D eigenvalue weighted by atomic mass is 9.63. The maximum absolute atomic E-state index is 14.2. The first-order valence-electron chi connectivity index (χ1n) is 17.0. The third-order valence-corrected chi connectivity index (χ3v) is 10.2. The monoisotopic (exact) mass is 680 g/mol. The first kappa shape index (κ1) is 34.5. The predicted octanol–water partition coefficient (Wildman–Crippen LogP) is 8.60. The second kappa shape index (κ2) is 13.5. The van der Waals surface area contributed by atoms with Gasteiger partial charge in [-0.2, -0.15) is 0 Å². The van der Waals surface area contributed by atoms with E-state index in [1.54, 1.807) is 25.3 Å². The Hall–Kier alpha value is -4.36. The number of ether oxygens (including phenoxy) is 2. The van der Waals surface area contributed by atoms with Crippen LogP contribution in [0.4, 0.5) is 5.69 Å². The molecule has 0 radical (unpaired) electrons. The van der Waals surface area contributed by atoms with Crippen LogP contribution in [0.5, 0.6) is 11.5 Å². The van der Waals surface area contributed by atoms with Gasteiger partial charge in [-0.15, -0.1) is 0 Å². The number of allylic oxidation sites excluding steroid dienone is 4. The molecule has 0 aromatic heterocycles. The summed E-state index contributed by atoms with van der Waals surface area (Å²) >= 11 is 6.22. The highest BCUT2D eigenvalue weighted by atomic mass is 35.5. The van der Waals surface area contributed by atoms with Crippen molar-refractivity contribution in [2.45, 2.75) is 72.6 Å². The van der Waals surface area contributed by atoms with Crippen molar-refractivity contribution in [1.29, 1.82) is 0 Å². The van der Waals surface area contributed by atoms with Gasteiger partial charge in [0.2, 0.25) is 0 Å². The Balaban J connectivity index is 1.36. The Morgan fingerprint density at radius 3 is 2.08 bits per heavy atom. The van der Waals surface area contributed by atoms with Crippen molar-refractivity contribution in [2.75, 3.05) is 25.6 Å². The van der Waals surface area contributed by atoms with Crippen molar-refractivity contribution < 1.29 is 23.9 Å². The number of anilines is 1. The van der Waals surface area contributed by atoms with E-state index in [0.717, 1.165) is 41.8 Å². The maximum atomic E-state index is 14.2. The zero-order valence-corrected chi connectivity index (χ0v) is 30.0. The molecule has 1 heterocycles. The van der Waals surface area contributed by atoms with E-state index >= 15 is 0 Å². The van der Waals surface area contributed by atoms with Crippen molar-refractivity contribution in [1.82, 2.24) is 4.90 Å². The molecule has 3 aliphatic rings. The second-order valence-corrected chi connectivity index (χ2v) is 15.5. The quantitative estimate of drug-likeness (QED) is 0.244. The SMILES string of the molecule is COc1cc(C2C3=C(CC(C)(C)CC3=O)N(CCc3ccccc3)C3=C2C(=O)CC(C)(C)C3)ccc1OCC(=O)Nc1ccc(C)c(Cl)c1. The Morgan fingerprint density at radius 1 is 0.857 bits per heavy atom. The summed E-state index contributed by atoms with van der Waals surface area (Å²) in [7, 11) is 1.55. The first-order valence-corrected chi connectivity index (χ1v) is 17.3. The number of carbonyl (C=O) groups is 3. The first-order chi connectivity index (χ1) is 23.2. The molecule has 1 N–H and O–H groups in total. The molecule has 0 saturated carbocycles. The van der Waals surface area contributed by atoms with Crippen molar-refractivity contribution in [3.63, 3.8) is 0 Å². The number of ketones is 2. The molecule has 2 aliphatic carbocycles. The molecule has 0 bridgehead atoms. The van der Waals surface area contributed by atoms with Crippen molar-refractivity contribution in [2.24, 2.45) is 10.8 Å². The summed E-state index contributed by atoms with van der Waals surface area (Å²) in [6.45, 7) is 10.9. The zero-order chi connectivity index (χ0) is 35.1. The average molecular weight is 681 g/mol. The maximum Gasteiger partial charge on any atom is 0.262 e. The average Bonchev–Trinajstić information content (AvgIpc) is 3.03. The molecule has 0 unspecified atom stereocenters. The smallest absolute Gasteiger partial charge is 0.262 e.